The molecule has 0 saturated carbocycles. The number of aliphatic hydroxyl groups excluding tert-OH is 1. The molecule has 100 valence electrons. The van der Waals surface area contributed by atoms with Crippen molar-refractivity contribution in [2.45, 2.75) is 11.0 Å². The van der Waals surface area contributed by atoms with Crippen molar-refractivity contribution in [3.05, 3.63) is 22.3 Å². The molecule has 2 nitrogen and oxygen atoms in total. The molecule has 0 aliphatic rings. The highest BCUT2D eigenvalue weighted by Gasteiger charge is 2.38. The smallest absolute Gasteiger partial charge is 0.447 e. The highest BCUT2D eigenvalue weighted by atomic mass is 32.2. The van der Waals surface area contributed by atoms with E-state index in [0.29, 0.717) is 6.08 Å². The summed E-state index contributed by atoms with van der Waals surface area (Å²) in [6.07, 6.45) is 1.34. The number of ether oxygens (including phenoxy) is 1. The van der Waals surface area contributed by atoms with E-state index in [9.17, 15) is 26.3 Å². The lowest BCUT2D eigenvalue weighted by Gasteiger charge is -2.12. The maximum Gasteiger partial charge on any atom is 0.447 e. The summed E-state index contributed by atoms with van der Waals surface area (Å²) >= 11 is -2.09. The van der Waals surface area contributed by atoms with Crippen LogP contribution in [0.2, 0.25) is 0 Å². The van der Waals surface area contributed by atoms with Crippen molar-refractivity contribution in [3.8, 4) is 0 Å². The van der Waals surface area contributed by atoms with E-state index in [1.165, 1.54) is 0 Å². The van der Waals surface area contributed by atoms with Gasteiger partial charge in [-0.15, -0.1) is 0 Å². The van der Waals surface area contributed by atoms with Crippen LogP contribution in [-0.4, -0.2) is 23.2 Å². The van der Waals surface area contributed by atoms with E-state index in [-0.39, 0.29) is 0 Å². The molecule has 0 aromatic rings. The Labute approximate surface area is 101 Å². The molecule has 17 heavy (non-hydrogen) atoms. The average molecular weight is 300 g/mol. The number of alkyl halides is 6. The molecule has 0 rings (SSSR count). The number of hydrogen-bond donors (Lipinski definition) is 1. The lowest BCUT2D eigenvalue weighted by Crippen LogP contribution is -2.05. The van der Waals surface area contributed by atoms with Gasteiger partial charge in [-0.05, 0) is 23.5 Å². The molecule has 0 saturated heterocycles. The molecule has 0 bridgehead atoms. The van der Waals surface area contributed by atoms with Crippen LogP contribution in [0.4, 0.5) is 26.3 Å². The Kier molecular flexibility index (Phi) is 6.10. The molecule has 0 aliphatic carbocycles. The Morgan fingerprint density at radius 2 is 1.47 bits per heavy atom. The lowest BCUT2D eigenvalue weighted by atomic mass is 10.5. The van der Waals surface area contributed by atoms with Crippen LogP contribution in [0.15, 0.2) is 22.3 Å². The number of hydrogen-bond acceptors (Lipinski definition) is 4. The molecule has 10 heteroatoms. The molecule has 0 fully saturated rings. The maximum absolute atomic E-state index is 11.9. The van der Waals surface area contributed by atoms with Gasteiger partial charge in [0.25, 0.3) is 0 Å². The number of methoxy groups -OCH3 is 1. The molecule has 0 spiro atoms. The van der Waals surface area contributed by atoms with E-state index in [1.54, 1.807) is 0 Å². The second-order valence-electron chi connectivity index (χ2n) is 2.31. The summed E-state index contributed by atoms with van der Waals surface area (Å²) in [5, 5.41) is 9.04. The maximum atomic E-state index is 11.9. The highest BCUT2D eigenvalue weighted by molar-refractivity contribution is 8.23. The monoisotopic (exact) mass is 300 g/mol. The van der Waals surface area contributed by atoms with Gasteiger partial charge in [0.15, 0.2) is 0 Å². The summed E-state index contributed by atoms with van der Waals surface area (Å²) < 4.78 is 74.6. The fourth-order valence-corrected chi connectivity index (χ4v) is 2.04. The molecular weight excluding hydrogens is 294 g/mol. The summed E-state index contributed by atoms with van der Waals surface area (Å²) in [6.45, 7) is 0. The first-order chi connectivity index (χ1) is 7.55. The Morgan fingerprint density at radius 1 is 1.06 bits per heavy atom. The van der Waals surface area contributed by atoms with Crippen LogP contribution in [0, 0.1) is 0 Å². The van der Waals surface area contributed by atoms with Gasteiger partial charge < -0.3 is 9.84 Å². The average Bonchev–Trinajstić information content (AvgIpc) is 2.08. The van der Waals surface area contributed by atoms with Gasteiger partial charge in [0.1, 0.15) is 5.76 Å². The zero-order valence-electron chi connectivity index (χ0n) is 8.09. The van der Waals surface area contributed by atoms with Crippen molar-refractivity contribution in [3.63, 3.8) is 0 Å². The molecule has 0 radical (unpaired) electrons. The quantitative estimate of drug-likeness (QED) is 0.474. The molecule has 1 N–H and O–H groups in total. The Morgan fingerprint density at radius 3 is 1.76 bits per heavy atom. The van der Waals surface area contributed by atoms with E-state index in [1.807, 2.05) is 0 Å². The van der Waals surface area contributed by atoms with Crippen molar-refractivity contribution in [1.82, 2.24) is 0 Å². The normalized spacial score (nSPS) is 12.9. The van der Waals surface area contributed by atoms with Gasteiger partial charge in [-0.2, -0.15) is 26.3 Å². The van der Waals surface area contributed by atoms with Gasteiger partial charge in [-0.25, -0.2) is 0 Å². The van der Waals surface area contributed by atoms with Gasteiger partial charge in [0, 0.05) is 6.08 Å². The molecule has 0 aromatic carbocycles. The highest BCUT2D eigenvalue weighted by Crippen LogP contribution is 2.48. The first-order valence-corrected chi connectivity index (χ1v) is 5.32. The Hall–Kier alpha value is -0.640. The van der Waals surface area contributed by atoms with E-state index < -0.39 is 44.5 Å². The minimum atomic E-state index is -4.93. The summed E-state index contributed by atoms with van der Waals surface area (Å²) in [4.78, 5) is 0. The summed E-state index contributed by atoms with van der Waals surface area (Å²) in [7, 11) is 1.12. The van der Waals surface area contributed by atoms with Crippen LogP contribution in [0.5, 0.6) is 0 Å². The van der Waals surface area contributed by atoms with Gasteiger partial charge in [0.2, 0.25) is 0 Å². The summed E-state index contributed by atoms with van der Waals surface area (Å²) in [5.41, 5.74) is -9.86. The van der Waals surface area contributed by atoms with Crippen LogP contribution in [0.25, 0.3) is 0 Å². The summed E-state index contributed by atoms with van der Waals surface area (Å²) in [5.74, 6) is -1.17. The minimum Gasteiger partial charge on any atom is -0.506 e. The number of aliphatic hydroxyl groups is 1. The predicted octanol–water partition coefficient (Wildman–Crippen LogP) is 4.38. The fourth-order valence-electron chi connectivity index (χ4n) is 0.536. The van der Waals surface area contributed by atoms with Gasteiger partial charge in [-0.1, -0.05) is 0 Å². The first kappa shape index (κ1) is 16.4. The number of allylic oxidation sites excluding steroid dienone is 1. The second kappa shape index (κ2) is 6.34. The summed E-state index contributed by atoms with van der Waals surface area (Å²) in [6, 6.07) is 0. The molecular formula is C7H6F6O2S2. The van der Waals surface area contributed by atoms with Crippen LogP contribution in [0.1, 0.15) is 0 Å². The standard InChI is InChI=1S/C7H6F6O2S2/c1-15-3-2-4(14)5(16-6(8,9)10)17-7(11,12)13/h2-3,14H,1H3/b3-2+. The van der Waals surface area contributed by atoms with Gasteiger partial charge in [0.05, 0.1) is 17.6 Å². The van der Waals surface area contributed by atoms with Crippen molar-refractivity contribution in [2.24, 2.45) is 0 Å². The van der Waals surface area contributed by atoms with Gasteiger partial charge in [-0.3, -0.25) is 0 Å². The third-order valence-corrected chi connectivity index (χ3v) is 2.74. The molecule has 0 unspecified atom stereocenters. The van der Waals surface area contributed by atoms with Gasteiger partial charge >= 0.3 is 11.0 Å². The predicted molar refractivity (Wildman–Crippen MR) is 53.1 cm³/mol. The molecule has 0 aliphatic heterocycles. The van der Waals surface area contributed by atoms with Crippen molar-refractivity contribution in [1.29, 1.82) is 0 Å². The van der Waals surface area contributed by atoms with E-state index in [2.05, 4.69) is 4.74 Å². The lowest BCUT2D eigenvalue weighted by molar-refractivity contribution is -0.0329. The van der Waals surface area contributed by atoms with Crippen molar-refractivity contribution >= 4 is 23.5 Å². The van der Waals surface area contributed by atoms with E-state index in [0.717, 1.165) is 13.4 Å². The van der Waals surface area contributed by atoms with Crippen molar-refractivity contribution < 1.29 is 36.2 Å². The number of rotatable bonds is 4. The molecule has 0 atom stereocenters. The number of thioether (sulfide) groups is 2. The Balaban J connectivity index is 5.03. The first-order valence-electron chi connectivity index (χ1n) is 3.69. The largest absolute Gasteiger partial charge is 0.506 e. The third-order valence-electron chi connectivity index (χ3n) is 0.988. The van der Waals surface area contributed by atoms with Crippen molar-refractivity contribution in [2.75, 3.05) is 7.11 Å². The molecule has 0 amide bonds. The minimum absolute atomic E-state index is 0.590. The van der Waals surface area contributed by atoms with Crippen LogP contribution < -0.4 is 0 Å². The SMILES string of the molecule is CO/C=C/C(O)=C(SC(F)(F)F)SC(F)(F)F. The third kappa shape index (κ3) is 9.10. The van der Waals surface area contributed by atoms with Crippen LogP contribution >= 0.6 is 23.5 Å². The second-order valence-corrected chi connectivity index (χ2v) is 4.72. The molecule has 0 aromatic heterocycles. The zero-order valence-corrected chi connectivity index (χ0v) is 9.73. The molecule has 0 heterocycles. The van der Waals surface area contributed by atoms with Crippen LogP contribution in [0.3, 0.4) is 0 Å². The van der Waals surface area contributed by atoms with E-state index >= 15 is 0 Å². The fraction of sp³-hybridized carbons (Fsp3) is 0.429. The Bertz CT molecular complexity index is 288. The topological polar surface area (TPSA) is 29.5 Å². The number of halogens is 6. The zero-order chi connectivity index (χ0) is 13.7. The van der Waals surface area contributed by atoms with Crippen LogP contribution in [-0.2, 0) is 4.74 Å². The van der Waals surface area contributed by atoms with E-state index in [4.69, 9.17) is 5.11 Å².